The fraction of sp³-hybridized carbons (Fsp3) is 0.980. The van der Waals surface area contributed by atoms with E-state index in [9.17, 15) is 0 Å². The molecule has 0 aromatic heterocycles. The number of hydrogen-bond donors (Lipinski definition) is 1. The van der Waals surface area contributed by atoms with Crippen LogP contribution in [0.15, 0.2) is 4.99 Å². The summed E-state index contributed by atoms with van der Waals surface area (Å²) in [5.74, 6) is 0.606. The lowest BCUT2D eigenvalue weighted by Crippen LogP contribution is -2.28. The zero-order chi connectivity index (χ0) is 38.6. The Bertz CT molecular complexity index is 629. The van der Waals surface area contributed by atoms with Crippen molar-refractivity contribution in [1.82, 2.24) is 9.80 Å². The fourth-order valence-electron chi connectivity index (χ4n) is 8.26. The van der Waals surface area contributed by atoms with Crippen molar-refractivity contribution < 1.29 is 0 Å². The molecule has 0 rings (SSSR count). The van der Waals surface area contributed by atoms with Crippen molar-refractivity contribution in [1.29, 1.82) is 5.41 Å². The van der Waals surface area contributed by atoms with Gasteiger partial charge in [0.15, 0.2) is 0 Å². The molecule has 316 valence electrons. The van der Waals surface area contributed by atoms with E-state index in [1.807, 2.05) is 0 Å². The standard InChI is InChI=1S/C49H100N4/c1-5-9-13-17-21-25-29-33-41-52(42-34-30-26-22-18-14-10-6-2)45-37-39-49(47-51-48-50)40-38-46-53(43-35-31-27-23-19-15-11-7-3)44-36-32-28-24-20-16-12-8-4/h49-50H,5-47H2,1-4H3. The highest BCUT2D eigenvalue weighted by atomic mass is 15.1. The first-order chi connectivity index (χ1) is 26.2. The van der Waals surface area contributed by atoms with E-state index in [-0.39, 0.29) is 0 Å². The average molecular weight is 745 g/mol. The number of rotatable bonds is 46. The molecule has 0 saturated carbocycles. The van der Waals surface area contributed by atoms with Crippen LogP contribution < -0.4 is 0 Å². The molecule has 0 unspecified atom stereocenters. The minimum atomic E-state index is 0.606. The number of nitrogens with one attached hydrogen (secondary N) is 1. The monoisotopic (exact) mass is 745 g/mol. The van der Waals surface area contributed by atoms with Gasteiger partial charge in [-0.2, -0.15) is 0 Å². The minimum absolute atomic E-state index is 0.606. The topological polar surface area (TPSA) is 42.7 Å². The van der Waals surface area contributed by atoms with Crippen molar-refractivity contribution in [3.8, 4) is 0 Å². The molecular weight excluding hydrogens is 645 g/mol. The van der Waals surface area contributed by atoms with Crippen molar-refractivity contribution in [2.75, 3.05) is 45.8 Å². The lowest BCUT2D eigenvalue weighted by molar-refractivity contribution is 0.236. The second-order valence-electron chi connectivity index (χ2n) is 17.2. The Kier molecular flexibility index (Phi) is 45.1. The highest BCUT2D eigenvalue weighted by Crippen LogP contribution is 2.18. The summed E-state index contributed by atoms with van der Waals surface area (Å²) >= 11 is 0. The summed E-state index contributed by atoms with van der Waals surface area (Å²) in [6.07, 6.45) is 50.1. The van der Waals surface area contributed by atoms with E-state index in [0.717, 1.165) is 6.54 Å². The molecule has 0 heterocycles. The van der Waals surface area contributed by atoms with E-state index in [2.05, 4.69) is 48.5 Å². The largest absolute Gasteiger partial charge is 0.303 e. The van der Waals surface area contributed by atoms with Crippen LogP contribution in [0.3, 0.4) is 0 Å². The second-order valence-corrected chi connectivity index (χ2v) is 17.2. The molecule has 0 bridgehead atoms. The maximum absolute atomic E-state index is 7.48. The summed E-state index contributed by atoms with van der Waals surface area (Å²) in [7, 11) is 0. The second kappa shape index (κ2) is 45.7. The predicted molar refractivity (Wildman–Crippen MR) is 240 cm³/mol. The Hall–Kier alpha value is -0.700. The first-order valence-corrected chi connectivity index (χ1v) is 24.7. The number of aliphatic imine (C=N–C) groups is 1. The predicted octanol–water partition coefficient (Wildman–Crippen LogP) is 16.1. The van der Waals surface area contributed by atoms with Gasteiger partial charge < -0.3 is 9.80 Å². The third-order valence-electron chi connectivity index (χ3n) is 11.9. The molecule has 0 aliphatic carbocycles. The van der Waals surface area contributed by atoms with Gasteiger partial charge in [0.25, 0.3) is 0 Å². The first kappa shape index (κ1) is 52.3. The maximum Gasteiger partial charge on any atom is 0.0862 e. The highest BCUT2D eigenvalue weighted by Gasteiger charge is 2.13. The van der Waals surface area contributed by atoms with Gasteiger partial charge in [-0.3, -0.25) is 0 Å². The summed E-state index contributed by atoms with van der Waals surface area (Å²) in [6, 6.07) is 2.37. The quantitative estimate of drug-likeness (QED) is 0.0498. The van der Waals surface area contributed by atoms with Gasteiger partial charge in [0.05, 0.1) is 12.6 Å². The summed E-state index contributed by atoms with van der Waals surface area (Å²) in [4.78, 5) is 9.98. The number of nitrogens with zero attached hydrogens (tertiary/aromatic N) is 3. The van der Waals surface area contributed by atoms with Crippen molar-refractivity contribution in [2.24, 2.45) is 10.9 Å². The molecule has 0 aliphatic heterocycles. The summed E-state index contributed by atoms with van der Waals surface area (Å²) < 4.78 is 0. The first-order valence-electron chi connectivity index (χ1n) is 24.7. The van der Waals surface area contributed by atoms with Crippen LogP contribution in [0.1, 0.15) is 259 Å². The lowest BCUT2D eigenvalue weighted by Gasteiger charge is -2.25. The summed E-state index contributed by atoms with van der Waals surface area (Å²) in [5, 5.41) is 7.48. The third kappa shape index (κ3) is 40.8. The van der Waals surface area contributed by atoms with E-state index in [1.165, 1.54) is 270 Å². The Balaban J connectivity index is 4.82. The highest BCUT2D eigenvalue weighted by molar-refractivity contribution is 5.35. The van der Waals surface area contributed by atoms with Crippen molar-refractivity contribution in [3.63, 3.8) is 0 Å². The van der Waals surface area contributed by atoms with E-state index in [4.69, 9.17) is 5.41 Å². The van der Waals surface area contributed by atoms with Crippen LogP contribution in [0.2, 0.25) is 0 Å². The zero-order valence-corrected chi connectivity index (χ0v) is 37.3. The van der Waals surface area contributed by atoms with Gasteiger partial charge in [0.1, 0.15) is 0 Å². The van der Waals surface area contributed by atoms with Crippen LogP contribution >= 0.6 is 0 Å². The Morgan fingerprint density at radius 2 is 0.566 bits per heavy atom. The minimum Gasteiger partial charge on any atom is -0.303 e. The van der Waals surface area contributed by atoms with Crippen LogP contribution in [0.4, 0.5) is 0 Å². The smallest absolute Gasteiger partial charge is 0.0862 e. The van der Waals surface area contributed by atoms with Crippen LogP contribution in [-0.2, 0) is 0 Å². The SMILES string of the molecule is CCCCCCCCCCN(CCCCCCCCCC)CCCC(CCCN(CCCCCCCCCC)CCCCCCCCCC)CN=C=N. The molecule has 0 aromatic carbocycles. The van der Waals surface area contributed by atoms with Crippen molar-refractivity contribution in [3.05, 3.63) is 0 Å². The lowest BCUT2D eigenvalue weighted by atomic mass is 9.97. The molecule has 4 nitrogen and oxygen atoms in total. The zero-order valence-electron chi connectivity index (χ0n) is 37.3. The molecule has 0 saturated heterocycles. The Labute approximate surface area is 335 Å². The molecule has 0 aromatic rings. The summed E-state index contributed by atoms with van der Waals surface area (Å²) in [6.45, 7) is 17.7. The molecule has 0 spiro atoms. The normalized spacial score (nSPS) is 11.8. The molecular formula is C49H100N4. The molecule has 4 heteroatoms. The van der Waals surface area contributed by atoms with E-state index in [0.29, 0.717) is 5.92 Å². The molecule has 0 radical (unpaired) electrons. The van der Waals surface area contributed by atoms with Crippen LogP contribution in [0, 0.1) is 11.3 Å². The molecule has 53 heavy (non-hydrogen) atoms. The fourth-order valence-corrected chi connectivity index (χ4v) is 8.26. The van der Waals surface area contributed by atoms with Crippen molar-refractivity contribution >= 4 is 6.01 Å². The van der Waals surface area contributed by atoms with Crippen LogP contribution in [0.25, 0.3) is 0 Å². The van der Waals surface area contributed by atoms with Gasteiger partial charge >= 0.3 is 0 Å². The Morgan fingerprint density at radius 1 is 0.340 bits per heavy atom. The number of hydrogen-bond acceptors (Lipinski definition) is 4. The van der Waals surface area contributed by atoms with E-state index >= 15 is 0 Å². The van der Waals surface area contributed by atoms with Crippen LogP contribution in [-0.4, -0.2) is 61.6 Å². The molecule has 1 N–H and O–H groups in total. The maximum atomic E-state index is 7.48. The molecule has 0 amide bonds. The van der Waals surface area contributed by atoms with Gasteiger partial charge in [-0.15, -0.1) is 0 Å². The van der Waals surface area contributed by atoms with Crippen molar-refractivity contribution in [2.45, 2.75) is 259 Å². The van der Waals surface area contributed by atoms with E-state index < -0.39 is 0 Å². The molecule has 0 aliphatic rings. The third-order valence-corrected chi connectivity index (χ3v) is 11.9. The summed E-state index contributed by atoms with van der Waals surface area (Å²) in [5.41, 5.74) is 0. The van der Waals surface area contributed by atoms with Gasteiger partial charge in [-0.1, -0.05) is 207 Å². The Morgan fingerprint density at radius 3 is 0.811 bits per heavy atom. The van der Waals surface area contributed by atoms with Gasteiger partial charge in [-0.25, -0.2) is 10.4 Å². The molecule has 0 atom stereocenters. The average Bonchev–Trinajstić information content (AvgIpc) is 3.17. The van der Waals surface area contributed by atoms with Crippen LogP contribution in [0.5, 0.6) is 0 Å². The van der Waals surface area contributed by atoms with E-state index in [1.54, 1.807) is 0 Å². The molecule has 0 fully saturated rings. The van der Waals surface area contributed by atoms with Gasteiger partial charge in [0, 0.05) is 0 Å². The number of unbranched alkanes of at least 4 members (excludes halogenated alkanes) is 28. The van der Waals surface area contributed by atoms with Gasteiger partial charge in [0.2, 0.25) is 0 Å². The van der Waals surface area contributed by atoms with Gasteiger partial charge in [-0.05, 0) is 96.6 Å².